The lowest BCUT2D eigenvalue weighted by Gasteiger charge is -2.45. The Hall–Kier alpha value is -1.10. The second kappa shape index (κ2) is 4.64. The highest BCUT2D eigenvalue weighted by Crippen LogP contribution is 2.42. The van der Waals surface area contributed by atoms with E-state index in [1.54, 1.807) is 4.90 Å². The van der Waals surface area contributed by atoms with Gasteiger partial charge in [-0.1, -0.05) is 6.42 Å². The third-order valence-electron chi connectivity index (χ3n) is 4.20. The minimum atomic E-state index is -0.885. The van der Waals surface area contributed by atoms with Crippen LogP contribution < -0.4 is 5.73 Å². The highest BCUT2D eigenvalue weighted by molar-refractivity contribution is 5.88. The van der Waals surface area contributed by atoms with E-state index in [0.717, 1.165) is 32.1 Å². The quantitative estimate of drug-likeness (QED) is 0.756. The largest absolute Gasteiger partial charge is 0.480 e. The van der Waals surface area contributed by atoms with E-state index in [2.05, 4.69) is 0 Å². The first-order chi connectivity index (χ1) is 8.10. The summed E-state index contributed by atoms with van der Waals surface area (Å²) >= 11 is 0. The van der Waals surface area contributed by atoms with Crippen molar-refractivity contribution in [2.75, 3.05) is 13.1 Å². The summed E-state index contributed by atoms with van der Waals surface area (Å²) in [5.41, 5.74) is 5.25. The van der Waals surface area contributed by atoms with Crippen LogP contribution in [0, 0.1) is 5.41 Å². The van der Waals surface area contributed by atoms with E-state index < -0.39 is 17.4 Å². The number of amides is 1. The van der Waals surface area contributed by atoms with Crippen molar-refractivity contribution in [3.63, 3.8) is 0 Å². The average molecular weight is 240 g/mol. The van der Waals surface area contributed by atoms with E-state index in [0.29, 0.717) is 19.5 Å². The molecule has 1 saturated heterocycles. The Morgan fingerprint density at radius 1 is 1.29 bits per heavy atom. The number of carbonyl (C=O) groups is 2. The number of likely N-dealkylation sites (tertiary alicyclic amines) is 1. The van der Waals surface area contributed by atoms with Gasteiger partial charge in [0.1, 0.15) is 6.04 Å². The molecule has 5 nitrogen and oxygen atoms in total. The first-order valence-electron chi connectivity index (χ1n) is 6.35. The van der Waals surface area contributed by atoms with Crippen molar-refractivity contribution in [2.45, 2.75) is 44.6 Å². The number of nitrogens with two attached hydrogens (primary N) is 1. The van der Waals surface area contributed by atoms with Crippen LogP contribution in [0.2, 0.25) is 0 Å². The van der Waals surface area contributed by atoms with Crippen molar-refractivity contribution in [1.82, 2.24) is 4.90 Å². The summed E-state index contributed by atoms with van der Waals surface area (Å²) in [4.78, 5) is 25.1. The van der Waals surface area contributed by atoms with Crippen molar-refractivity contribution in [3.8, 4) is 0 Å². The fraction of sp³-hybridized carbons (Fsp3) is 0.833. The van der Waals surface area contributed by atoms with Gasteiger partial charge in [0, 0.05) is 13.1 Å². The molecule has 0 aromatic heterocycles. The van der Waals surface area contributed by atoms with Gasteiger partial charge < -0.3 is 15.7 Å². The maximum absolute atomic E-state index is 12.4. The van der Waals surface area contributed by atoms with E-state index in [-0.39, 0.29) is 5.91 Å². The van der Waals surface area contributed by atoms with E-state index in [1.807, 2.05) is 0 Å². The predicted molar refractivity (Wildman–Crippen MR) is 62.3 cm³/mol. The lowest BCUT2D eigenvalue weighted by molar-refractivity contribution is -0.160. The molecule has 0 unspecified atom stereocenters. The highest BCUT2D eigenvalue weighted by Gasteiger charge is 2.47. The van der Waals surface area contributed by atoms with Gasteiger partial charge in [-0.2, -0.15) is 0 Å². The molecule has 0 aromatic rings. The number of piperidine rings is 1. The van der Waals surface area contributed by atoms with Gasteiger partial charge in [0.2, 0.25) is 5.91 Å². The third kappa shape index (κ3) is 2.04. The molecule has 1 saturated carbocycles. The number of rotatable bonds is 3. The molecule has 5 heteroatoms. The lowest BCUT2D eigenvalue weighted by Crippen LogP contribution is -2.57. The first kappa shape index (κ1) is 12.4. The fourth-order valence-electron chi connectivity index (χ4n) is 2.84. The Labute approximate surface area is 101 Å². The van der Waals surface area contributed by atoms with Crippen LogP contribution in [0.25, 0.3) is 0 Å². The summed E-state index contributed by atoms with van der Waals surface area (Å²) in [7, 11) is 0. The smallest absolute Gasteiger partial charge is 0.326 e. The number of hydrogen-bond acceptors (Lipinski definition) is 3. The van der Waals surface area contributed by atoms with E-state index in [4.69, 9.17) is 10.8 Å². The zero-order chi connectivity index (χ0) is 12.5. The van der Waals surface area contributed by atoms with Gasteiger partial charge in [0.25, 0.3) is 0 Å². The minimum Gasteiger partial charge on any atom is -0.480 e. The van der Waals surface area contributed by atoms with Gasteiger partial charge in [0.05, 0.1) is 5.41 Å². The van der Waals surface area contributed by atoms with Gasteiger partial charge in [-0.15, -0.1) is 0 Å². The summed E-state index contributed by atoms with van der Waals surface area (Å²) in [6.45, 7) is 0.909. The number of nitrogens with zero attached hydrogens (tertiary/aromatic N) is 1. The fourth-order valence-corrected chi connectivity index (χ4v) is 2.84. The van der Waals surface area contributed by atoms with Crippen LogP contribution in [0.4, 0.5) is 0 Å². The van der Waals surface area contributed by atoms with Crippen molar-refractivity contribution in [1.29, 1.82) is 0 Å². The minimum absolute atomic E-state index is 0.0293. The Kier molecular flexibility index (Phi) is 3.38. The molecule has 1 aliphatic heterocycles. The molecule has 1 heterocycles. The van der Waals surface area contributed by atoms with Crippen molar-refractivity contribution >= 4 is 11.9 Å². The second-order valence-electron chi connectivity index (χ2n) is 5.19. The molecule has 0 aromatic carbocycles. The summed E-state index contributed by atoms with van der Waals surface area (Å²) in [5.74, 6) is -0.914. The summed E-state index contributed by atoms with van der Waals surface area (Å²) in [5, 5.41) is 9.16. The second-order valence-corrected chi connectivity index (χ2v) is 5.19. The van der Waals surface area contributed by atoms with Gasteiger partial charge >= 0.3 is 5.97 Å². The molecule has 2 rings (SSSR count). The topological polar surface area (TPSA) is 83.6 Å². The van der Waals surface area contributed by atoms with Gasteiger partial charge in [-0.25, -0.2) is 4.79 Å². The Morgan fingerprint density at radius 2 is 2.00 bits per heavy atom. The third-order valence-corrected chi connectivity index (χ3v) is 4.20. The summed E-state index contributed by atoms with van der Waals surface area (Å²) in [6.07, 6.45) is 5.00. The Morgan fingerprint density at radius 3 is 2.47 bits per heavy atom. The highest BCUT2D eigenvalue weighted by atomic mass is 16.4. The molecule has 1 amide bonds. The number of carboxylic acid groups (broad SMARTS) is 1. The lowest BCUT2D eigenvalue weighted by atomic mass is 9.67. The van der Waals surface area contributed by atoms with Crippen LogP contribution in [0.3, 0.4) is 0 Å². The average Bonchev–Trinajstić information content (AvgIpc) is 2.28. The SMILES string of the molecule is NCC1(C(=O)N2CCCC[C@H]2C(=O)O)CCC1. The van der Waals surface area contributed by atoms with Crippen LogP contribution in [0.15, 0.2) is 0 Å². The molecule has 1 atom stereocenters. The van der Waals surface area contributed by atoms with Crippen LogP contribution in [0.1, 0.15) is 38.5 Å². The summed E-state index contributed by atoms with van der Waals surface area (Å²) < 4.78 is 0. The zero-order valence-corrected chi connectivity index (χ0v) is 10.0. The van der Waals surface area contributed by atoms with Crippen LogP contribution in [0.5, 0.6) is 0 Å². The molecular weight excluding hydrogens is 220 g/mol. The van der Waals surface area contributed by atoms with Crippen LogP contribution in [-0.4, -0.2) is 41.0 Å². The molecule has 0 radical (unpaired) electrons. The van der Waals surface area contributed by atoms with Crippen molar-refractivity contribution in [2.24, 2.45) is 11.1 Å². The molecule has 2 aliphatic rings. The van der Waals surface area contributed by atoms with Gasteiger partial charge in [0.15, 0.2) is 0 Å². The molecule has 96 valence electrons. The molecule has 0 spiro atoms. The molecule has 3 N–H and O–H groups in total. The monoisotopic (exact) mass is 240 g/mol. The number of hydrogen-bond donors (Lipinski definition) is 2. The molecule has 17 heavy (non-hydrogen) atoms. The van der Waals surface area contributed by atoms with Crippen LogP contribution in [-0.2, 0) is 9.59 Å². The molecule has 1 aliphatic carbocycles. The molecule has 2 fully saturated rings. The Bertz CT molecular complexity index is 320. The standard InChI is InChI=1S/C12H20N2O3/c13-8-12(5-3-6-12)11(17)14-7-2-1-4-9(14)10(15)16/h9H,1-8,13H2,(H,15,16)/t9-/m0/s1. The molecular formula is C12H20N2O3. The Balaban J connectivity index is 2.13. The normalized spacial score (nSPS) is 27.4. The number of aliphatic carboxylic acids is 1. The number of carbonyl (C=O) groups excluding carboxylic acids is 1. The van der Waals surface area contributed by atoms with Gasteiger partial charge in [-0.05, 0) is 32.1 Å². The zero-order valence-electron chi connectivity index (χ0n) is 10.0. The van der Waals surface area contributed by atoms with Gasteiger partial charge in [-0.3, -0.25) is 4.79 Å². The number of carboxylic acids is 1. The maximum atomic E-state index is 12.4. The van der Waals surface area contributed by atoms with Crippen LogP contribution >= 0.6 is 0 Å². The van der Waals surface area contributed by atoms with E-state index in [9.17, 15) is 9.59 Å². The molecule has 0 bridgehead atoms. The summed E-state index contributed by atoms with van der Waals surface area (Å²) in [6, 6.07) is -0.639. The van der Waals surface area contributed by atoms with Crippen molar-refractivity contribution in [3.05, 3.63) is 0 Å². The first-order valence-corrected chi connectivity index (χ1v) is 6.35. The van der Waals surface area contributed by atoms with E-state index >= 15 is 0 Å². The maximum Gasteiger partial charge on any atom is 0.326 e. The van der Waals surface area contributed by atoms with Crippen molar-refractivity contribution < 1.29 is 14.7 Å². The predicted octanol–water partition coefficient (Wildman–Crippen LogP) is 0.581. The van der Waals surface area contributed by atoms with E-state index in [1.165, 1.54) is 0 Å².